The molecule has 0 atom stereocenters. The summed E-state index contributed by atoms with van der Waals surface area (Å²) in [6, 6.07) is 14.5. The van der Waals surface area contributed by atoms with Gasteiger partial charge in [0.05, 0.1) is 26.3 Å². The van der Waals surface area contributed by atoms with Crippen LogP contribution in [0.5, 0.6) is 11.5 Å². The SMILES string of the molecule is COc1ccc(CCNC(=O)Cc2csc(-c3ccc(CN4CCN(C)CC4)cc3)n2)cc1OC. The van der Waals surface area contributed by atoms with Crippen LogP contribution in [0.25, 0.3) is 10.6 Å². The second-order valence-electron chi connectivity index (χ2n) is 8.89. The van der Waals surface area contributed by atoms with E-state index < -0.39 is 0 Å². The Hall–Kier alpha value is -2.94. The monoisotopic (exact) mass is 494 g/mol. The van der Waals surface area contributed by atoms with Crippen LogP contribution in [0.2, 0.25) is 0 Å². The van der Waals surface area contributed by atoms with E-state index in [1.165, 1.54) is 5.56 Å². The van der Waals surface area contributed by atoms with Gasteiger partial charge in [-0.15, -0.1) is 11.3 Å². The first-order chi connectivity index (χ1) is 17.0. The fourth-order valence-corrected chi connectivity index (χ4v) is 4.97. The van der Waals surface area contributed by atoms with E-state index in [1.807, 2.05) is 23.6 Å². The second kappa shape index (κ2) is 12.2. The Morgan fingerprint density at radius 3 is 2.43 bits per heavy atom. The van der Waals surface area contributed by atoms with Gasteiger partial charge in [0, 0.05) is 50.2 Å². The number of amides is 1. The van der Waals surface area contributed by atoms with Crippen molar-refractivity contribution in [2.45, 2.75) is 19.4 Å². The molecule has 1 aliphatic heterocycles. The maximum absolute atomic E-state index is 12.4. The van der Waals surface area contributed by atoms with Crippen molar-refractivity contribution in [3.05, 3.63) is 64.7 Å². The van der Waals surface area contributed by atoms with Crippen molar-refractivity contribution in [2.75, 3.05) is 54.0 Å². The third kappa shape index (κ3) is 7.04. The molecule has 4 rings (SSSR count). The van der Waals surface area contributed by atoms with E-state index in [0.717, 1.165) is 61.0 Å². The Morgan fingerprint density at radius 2 is 1.71 bits per heavy atom. The maximum Gasteiger partial charge on any atom is 0.226 e. The van der Waals surface area contributed by atoms with Crippen molar-refractivity contribution in [1.82, 2.24) is 20.1 Å². The van der Waals surface area contributed by atoms with Gasteiger partial charge < -0.3 is 19.7 Å². The number of hydrogen-bond donors (Lipinski definition) is 1. The van der Waals surface area contributed by atoms with Crippen LogP contribution in [0.4, 0.5) is 0 Å². The van der Waals surface area contributed by atoms with Crippen LogP contribution < -0.4 is 14.8 Å². The fraction of sp³-hybridized carbons (Fsp3) is 0.407. The van der Waals surface area contributed by atoms with Crippen LogP contribution in [0.1, 0.15) is 16.8 Å². The summed E-state index contributed by atoms with van der Waals surface area (Å²) < 4.78 is 10.6. The lowest BCUT2D eigenvalue weighted by atomic mass is 10.1. The highest BCUT2D eigenvalue weighted by Gasteiger charge is 2.14. The van der Waals surface area contributed by atoms with Crippen molar-refractivity contribution in [2.24, 2.45) is 0 Å². The largest absolute Gasteiger partial charge is 0.493 e. The average Bonchev–Trinajstić information content (AvgIpc) is 3.34. The van der Waals surface area contributed by atoms with E-state index >= 15 is 0 Å². The zero-order valence-electron chi connectivity index (χ0n) is 20.8. The van der Waals surface area contributed by atoms with Crippen LogP contribution in [-0.4, -0.2) is 74.7 Å². The summed E-state index contributed by atoms with van der Waals surface area (Å²) in [5, 5.41) is 5.91. The highest BCUT2D eigenvalue weighted by Crippen LogP contribution is 2.28. The molecular weight excluding hydrogens is 460 g/mol. The molecule has 35 heavy (non-hydrogen) atoms. The third-order valence-electron chi connectivity index (χ3n) is 6.28. The lowest BCUT2D eigenvalue weighted by Crippen LogP contribution is -2.43. The molecule has 1 amide bonds. The maximum atomic E-state index is 12.4. The number of nitrogens with one attached hydrogen (secondary N) is 1. The number of nitrogens with zero attached hydrogens (tertiary/aromatic N) is 3. The van der Waals surface area contributed by atoms with Gasteiger partial charge in [-0.2, -0.15) is 0 Å². The molecule has 0 radical (unpaired) electrons. The Morgan fingerprint density at radius 1 is 1.00 bits per heavy atom. The van der Waals surface area contributed by atoms with Crippen molar-refractivity contribution in [1.29, 1.82) is 0 Å². The van der Waals surface area contributed by atoms with Gasteiger partial charge in [0.25, 0.3) is 0 Å². The number of ether oxygens (including phenoxy) is 2. The highest BCUT2D eigenvalue weighted by molar-refractivity contribution is 7.13. The van der Waals surface area contributed by atoms with Crippen molar-refractivity contribution < 1.29 is 14.3 Å². The number of thiazole rings is 1. The van der Waals surface area contributed by atoms with Crippen molar-refractivity contribution >= 4 is 17.2 Å². The Bertz CT molecular complexity index is 1110. The smallest absolute Gasteiger partial charge is 0.226 e. The molecule has 1 aliphatic rings. The summed E-state index contributed by atoms with van der Waals surface area (Å²) in [5.41, 5.74) is 4.30. The van der Waals surface area contributed by atoms with E-state index in [9.17, 15) is 4.79 Å². The molecule has 8 heteroatoms. The lowest BCUT2D eigenvalue weighted by Gasteiger charge is -2.32. The predicted octanol–water partition coefficient (Wildman–Crippen LogP) is 3.48. The molecule has 2 aromatic carbocycles. The number of carbonyl (C=O) groups excluding carboxylic acids is 1. The molecule has 186 valence electrons. The third-order valence-corrected chi connectivity index (χ3v) is 7.22. The zero-order chi connectivity index (χ0) is 24.6. The number of likely N-dealkylation sites (N-methyl/N-ethyl adjacent to an activating group) is 1. The molecule has 0 saturated carbocycles. The van der Waals surface area contributed by atoms with E-state index in [4.69, 9.17) is 14.5 Å². The first-order valence-corrected chi connectivity index (χ1v) is 12.8. The summed E-state index contributed by atoms with van der Waals surface area (Å²) in [6.07, 6.45) is 0.999. The van der Waals surface area contributed by atoms with Gasteiger partial charge in [-0.3, -0.25) is 9.69 Å². The molecule has 1 N–H and O–H groups in total. The number of rotatable bonds is 10. The van der Waals surface area contributed by atoms with Crippen LogP contribution in [-0.2, 0) is 24.2 Å². The first-order valence-electron chi connectivity index (χ1n) is 12.0. The van der Waals surface area contributed by atoms with Gasteiger partial charge in [-0.25, -0.2) is 4.98 Å². The van der Waals surface area contributed by atoms with Crippen LogP contribution in [0, 0.1) is 0 Å². The summed E-state index contributed by atoms with van der Waals surface area (Å²) in [5.74, 6) is 1.37. The molecule has 0 unspecified atom stereocenters. The molecule has 0 spiro atoms. The van der Waals surface area contributed by atoms with Gasteiger partial charge in [0.1, 0.15) is 5.01 Å². The molecule has 7 nitrogen and oxygen atoms in total. The number of hydrogen-bond acceptors (Lipinski definition) is 7. The minimum Gasteiger partial charge on any atom is -0.493 e. The van der Waals surface area contributed by atoms with Crippen LogP contribution in [0.3, 0.4) is 0 Å². The summed E-state index contributed by atoms with van der Waals surface area (Å²) >= 11 is 1.58. The first kappa shape index (κ1) is 25.2. The molecule has 2 heterocycles. The fourth-order valence-electron chi connectivity index (χ4n) is 4.15. The van der Waals surface area contributed by atoms with E-state index in [0.29, 0.717) is 18.0 Å². The van der Waals surface area contributed by atoms with E-state index in [-0.39, 0.29) is 12.3 Å². The standard InChI is InChI=1S/C27H34N4O3S/c1-30-12-14-31(15-13-30)18-21-4-7-22(8-5-21)27-29-23(19-35-27)17-26(32)28-11-10-20-6-9-24(33-2)25(16-20)34-3/h4-9,16,19H,10-15,17-18H2,1-3H3,(H,28,32). The van der Waals surface area contributed by atoms with E-state index in [2.05, 4.69) is 46.4 Å². The predicted molar refractivity (Wildman–Crippen MR) is 140 cm³/mol. The Kier molecular flexibility index (Phi) is 8.74. The van der Waals surface area contributed by atoms with Gasteiger partial charge in [0.15, 0.2) is 11.5 Å². The molecule has 1 aromatic heterocycles. The summed E-state index contributed by atoms with van der Waals surface area (Å²) in [4.78, 5) is 22.0. The normalized spacial score (nSPS) is 14.6. The van der Waals surface area contributed by atoms with Crippen LogP contribution >= 0.6 is 11.3 Å². The number of aromatic nitrogens is 1. The molecular formula is C27H34N4O3S. The topological polar surface area (TPSA) is 66.9 Å². The highest BCUT2D eigenvalue weighted by atomic mass is 32.1. The van der Waals surface area contributed by atoms with Gasteiger partial charge in [-0.1, -0.05) is 30.3 Å². The summed E-state index contributed by atoms with van der Waals surface area (Å²) in [7, 11) is 5.42. The van der Waals surface area contributed by atoms with Crippen LogP contribution in [0.15, 0.2) is 47.8 Å². The number of carbonyl (C=O) groups is 1. The number of methoxy groups -OCH3 is 2. The van der Waals surface area contributed by atoms with E-state index in [1.54, 1.807) is 25.6 Å². The average molecular weight is 495 g/mol. The van der Waals surface area contributed by atoms with Gasteiger partial charge >= 0.3 is 0 Å². The quantitative estimate of drug-likeness (QED) is 0.466. The minimum absolute atomic E-state index is 0.0233. The Balaban J connectivity index is 1.24. The van der Waals surface area contributed by atoms with Gasteiger partial charge in [-0.05, 0) is 36.7 Å². The number of piperazine rings is 1. The van der Waals surface area contributed by atoms with Crippen molar-refractivity contribution in [3.63, 3.8) is 0 Å². The molecule has 0 bridgehead atoms. The zero-order valence-corrected chi connectivity index (χ0v) is 21.6. The molecule has 1 fully saturated rings. The lowest BCUT2D eigenvalue weighted by molar-refractivity contribution is -0.120. The summed E-state index contributed by atoms with van der Waals surface area (Å²) in [6.45, 7) is 6.03. The molecule has 0 aliphatic carbocycles. The second-order valence-corrected chi connectivity index (χ2v) is 9.74. The van der Waals surface area contributed by atoms with Gasteiger partial charge in [0.2, 0.25) is 5.91 Å². The van der Waals surface area contributed by atoms with Crippen molar-refractivity contribution in [3.8, 4) is 22.1 Å². The Labute approximate surface area is 211 Å². The number of benzene rings is 2. The molecule has 1 saturated heterocycles. The molecule has 3 aromatic rings. The minimum atomic E-state index is -0.0233.